The molecule has 0 aliphatic heterocycles. The summed E-state index contributed by atoms with van der Waals surface area (Å²) in [5.74, 6) is -1.25. The normalized spacial score (nSPS) is 10.7. The Hall–Kier alpha value is -1.91. The summed E-state index contributed by atoms with van der Waals surface area (Å²) in [6.07, 6.45) is 1.53. The van der Waals surface area contributed by atoms with E-state index in [2.05, 4.69) is 9.98 Å². The Labute approximate surface area is 80.1 Å². The first-order valence-electron chi connectivity index (χ1n) is 4.02. The Balaban J connectivity index is 3.42. The van der Waals surface area contributed by atoms with Crippen molar-refractivity contribution in [1.29, 1.82) is 0 Å². The SMILES string of the molecule is CC=Nc1cc(C(=O)O)c(=O)[nH]c1C. The molecule has 0 radical (unpaired) electrons. The van der Waals surface area contributed by atoms with Gasteiger partial charge in [0.1, 0.15) is 5.56 Å². The number of aryl methyl sites for hydroxylation is 1. The Morgan fingerprint density at radius 3 is 2.79 bits per heavy atom. The largest absolute Gasteiger partial charge is 0.477 e. The standard InChI is InChI=1S/C9H10N2O3/c1-3-10-7-4-6(9(13)14)8(12)11-5(7)2/h3-4H,1-2H3,(H,11,12)(H,13,14). The molecule has 0 fully saturated rings. The number of aromatic amines is 1. The number of hydrogen-bond acceptors (Lipinski definition) is 3. The molecule has 0 unspecified atom stereocenters. The molecule has 0 aliphatic carbocycles. The number of aromatic nitrogens is 1. The summed E-state index contributed by atoms with van der Waals surface area (Å²) in [7, 11) is 0. The number of carboxylic acid groups (broad SMARTS) is 1. The quantitative estimate of drug-likeness (QED) is 0.691. The van der Waals surface area contributed by atoms with E-state index in [0.29, 0.717) is 11.4 Å². The zero-order chi connectivity index (χ0) is 10.7. The van der Waals surface area contributed by atoms with E-state index >= 15 is 0 Å². The van der Waals surface area contributed by atoms with Crippen molar-refractivity contribution >= 4 is 17.9 Å². The molecule has 1 aromatic heterocycles. The molecule has 1 aromatic rings. The highest BCUT2D eigenvalue weighted by molar-refractivity contribution is 5.88. The van der Waals surface area contributed by atoms with Crippen molar-refractivity contribution in [3.8, 4) is 0 Å². The van der Waals surface area contributed by atoms with Gasteiger partial charge in [-0.2, -0.15) is 0 Å². The lowest BCUT2D eigenvalue weighted by atomic mass is 10.2. The van der Waals surface area contributed by atoms with Gasteiger partial charge in [0.15, 0.2) is 0 Å². The first kappa shape index (κ1) is 10.2. The first-order valence-corrected chi connectivity index (χ1v) is 4.02. The molecule has 5 heteroatoms. The van der Waals surface area contributed by atoms with E-state index in [1.54, 1.807) is 13.8 Å². The number of aromatic carboxylic acids is 1. The summed E-state index contributed by atoms with van der Waals surface area (Å²) in [5.41, 5.74) is 0.115. The van der Waals surface area contributed by atoms with Gasteiger partial charge >= 0.3 is 5.97 Å². The fourth-order valence-electron chi connectivity index (χ4n) is 1.04. The molecule has 1 heterocycles. The van der Waals surface area contributed by atoms with Crippen molar-refractivity contribution in [1.82, 2.24) is 4.98 Å². The maximum absolute atomic E-state index is 11.1. The second-order valence-electron chi connectivity index (χ2n) is 2.71. The average Bonchev–Trinajstić information content (AvgIpc) is 2.09. The molecule has 0 bridgehead atoms. The summed E-state index contributed by atoms with van der Waals surface area (Å²) < 4.78 is 0. The number of hydrogen-bond donors (Lipinski definition) is 2. The lowest BCUT2D eigenvalue weighted by molar-refractivity contribution is 0.0695. The van der Waals surface area contributed by atoms with Crippen LogP contribution in [0.1, 0.15) is 23.0 Å². The Bertz CT molecular complexity index is 446. The van der Waals surface area contributed by atoms with Crippen molar-refractivity contribution in [2.24, 2.45) is 4.99 Å². The van der Waals surface area contributed by atoms with Crippen molar-refractivity contribution in [3.63, 3.8) is 0 Å². The van der Waals surface area contributed by atoms with E-state index in [-0.39, 0.29) is 5.56 Å². The predicted molar refractivity (Wildman–Crippen MR) is 52.6 cm³/mol. The molecule has 74 valence electrons. The third-order valence-corrected chi connectivity index (χ3v) is 1.71. The van der Waals surface area contributed by atoms with Gasteiger partial charge in [-0.3, -0.25) is 9.79 Å². The monoisotopic (exact) mass is 194 g/mol. The van der Waals surface area contributed by atoms with Gasteiger partial charge in [0.25, 0.3) is 5.56 Å². The molecule has 14 heavy (non-hydrogen) atoms. The first-order chi connectivity index (χ1) is 6.56. The maximum atomic E-state index is 11.1. The van der Waals surface area contributed by atoms with Gasteiger partial charge in [-0.1, -0.05) is 0 Å². The molecule has 0 saturated heterocycles. The van der Waals surface area contributed by atoms with Crippen LogP contribution in [0.4, 0.5) is 5.69 Å². The Morgan fingerprint density at radius 1 is 1.64 bits per heavy atom. The number of rotatable bonds is 2. The predicted octanol–water partition coefficient (Wildman–Crippen LogP) is 1.10. The summed E-state index contributed by atoms with van der Waals surface area (Å²) in [4.78, 5) is 28.1. The number of carboxylic acids is 1. The smallest absolute Gasteiger partial charge is 0.341 e. The van der Waals surface area contributed by atoms with Crippen molar-refractivity contribution in [2.75, 3.05) is 0 Å². The Morgan fingerprint density at radius 2 is 2.29 bits per heavy atom. The van der Waals surface area contributed by atoms with Crippen molar-refractivity contribution in [2.45, 2.75) is 13.8 Å². The van der Waals surface area contributed by atoms with Crippen molar-refractivity contribution in [3.05, 3.63) is 27.7 Å². The van der Waals surface area contributed by atoms with Crippen LogP contribution in [0.15, 0.2) is 15.9 Å². The maximum Gasteiger partial charge on any atom is 0.341 e. The highest BCUT2D eigenvalue weighted by Crippen LogP contribution is 2.14. The summed E-state index contributed by atoms with van der Waals surface area (Å²) >= 11 is 0. The van der Waals surface area contributed by atoms with Gasteiger partial charge in [-0.05, 0) is 19.9 Å². The van der Waals surface area contributed by atoms with Crippen LogP contribution in [-0.2, 0) is 0 Å². The number of nitrogens with one attached hydrogen (secondary N) is 1. The summed E-state index contributed by atoms with van der Waals surface area (Å²) in [6.45, 7) is 3.38. The van der Waals surface area contributed by atoms with Crippen LogP contribution in [0.25, 0.3) is 0 Å². The van der Waals surface area contributed by atoms with Gasteiger partial charge in [0.2, 0.25) is 0 Å². The van der Waals surface area contributed by atoms with Crippen LogP contribution in [0.5, 0.6) is 0 Å². The molecule has 5 nitrogen and oxygen atoms in total. The minimum atomic E-state index is -1.25. The van der Waals surface area contributed by atoms with E-state index in [9.17, 15) is 9.59 Å². The van der Waals surface area contributed by atoms with Crippen LogP contribution in [0.3, 0.4) is 0 Å². The number of pyridine rings is 1. The minimum Gasteiger partial charge on any atom is -0.477 e. The number of nitrogens with zero attached hydrogens (tertiary/aromatic N) is 1. The molecular weight excluding hydrogens is 184 g/mol. The molecule has 2 N–H and O–H groups in total. The molecule has 1 rings (SSSR count). The van der Waals surface area contributed by atoms with E-state index in [1.807, 2.05) is 0 Å². The van der Waals surface area contributed by atoms with Gasteiger partial charge in [0.05, 0.1) is 5.69 Å². The minimum absolute atomic E-state index is 0.295. The lowest BCUT2D eigenvalue weighted by Crippen LogP contribution is -2.17. The topological polar surface area (TPSA) is 82.5 Å². The molecule has 0 aromatic carbocycles. The van der Waals surface area contributed by atoms with E-state index < -0.39 is 11.5 Å². The number of H-pyrrole nitrogens is 1. The lowest BCUT2D eigenvalue weighted by Gasteiger charge is -2.00. The zero-order valence-corrected chi connectivity index (χ0v) is 7.87. The average molecular weight is 194 g/mol. The van der Waals surface area contributed by atoms with Gasteiger partial charge < -0.3 is 10.1 Å². The second-order valence-corrected chi connectivity index (χ2v) is 2.71. The summed E-state index contributed by atoms with van der Waals surface area (Å²) in [6, 6.07) is 1.26. The number of aliphatic imine (C=N–C) groups is 1. The van der Waals surface area contributed by atoms with E-state index in [1.165, 1.54) is 12.3 Å². The van der Waals surface area contributed by atoms with Gasteiger partial charge in [-0.25, -0.2) is 4.79 Å². The van der Waals surface area contributed by atoms with Crippen molar-refractivity contribution < 1.29 is 9.90 Å². The van der Waals surface area contributed by atoms with Crippen LogP contribution in [-0.4, -0.2) is 22.3 Å². The number of carbonyl (C=O) groups is 1. The highest BCUT2D eigenvalue weighted by Gasteiger charge is 2.10. The summed E-state index contributed by atoms with van der Waals surface area (Å²) in [5, 5.41) is 8.68. The fourth-order valence-corrected chi connectivity index (χ4v) is 1.04. The van der Waals surface area contributed by atoms with Gasteiger partial charge in [-0.15, -0.1) is 0 Å². The van der Waals surface area contributed by atoms with Crippen LogP contribution >= 0.6 is 0 Å². The van der Waals surface area contributed by atoms with Crippen LogP contribution in [0.2, 0.25) is 0 Å². The zero-order valence-electron chi connectivity index (χ0n) is 7.87. The highest BCUT2D eigenvalue weighted by atomic mass is 16.4. The second kappa shape index (κ2) is 3.87. The molecule has 0 atom stereocenters. The third kappa shape index (κ3) is 1.87. The molecule has 0 saturated carbocycles. The molecular formula is C9H10N2O3. The molecule has 0 aliphatic rings. The van der Waals surface area contributed by atoms with Gasteiger partial charge in [0, 0.05) is 11.9 Å². The Kier molecular flexibility index (Phi) is 2.81. The van der Waals surface area contributed by atoms with Crippen LogP contribution < -0.4 is 5.56 Å². The fraction of sp³-hybridized carbons (Fsp3) is 0.222. The van der Waals surface area contributed by atoms with E-state index in [4.69, 9.17) is 5.11 Å². The van der Waals surface area contributed by atoms with E-state index in [0.717, 1.165) is 0 Å². The molecule has 0 amide bonds. The molecule has 0 spiro atoms. The van der Waals surface area contributed by atoms with Crippen LogP contribution in [0, 0.1) is 6.92 Å². The third-order valence-electron chi connectivity index (χ3n) is 1.71.